The molecule has 4 nitrogen and oxygen atoms in total. The summed E-state index contributed by atoms with van der Waals surface area (Å²) in [5.74, 6) is 0.989. The van der Waals surface area contributed by atoms with Crippen LogP contribution in [0.5, 0.6) is 0 Å². The smallest absolute Gasteiger partial charge is 0.220 e. The minimum Gasteiger partial charge on any atom is -0.356 e. The Morgan fingerprint density at radius 3 is 2.95 bits per heavy atom. The van der Waals surface area contributed by atoms with E-state index in [0.717, 1.165) is 29.8 Å². The van der Waals surface area contributed by atoms with Gasteiger partial charge in [0.15, 0.2) is 0 Å². The number of imidazole rings is 1. The zero-order valence-electron chi connectivity index (χ0n) is 12.9. The summed E-state index contributed by atoms with van der Waals surface area (Å²) >= 11 is 0. The van der Waals surface area contributed by atoms with Gasteiger partial charge in [0.25, 0.3) is 0 Å². The molecule has 0 bridgehead atoms. The van der Waals surface area contributed by atoms with Crippen LogP contribution in [0, 0.1) is 0 Å². The van der Waals surface area contributed by atoms with E-state index in [2.05, 4.69) is 21.4 Å². The number of benzene rings is 1. The zero-order valence-corrected chi connectivity index (χ0v) is 12.9. The van der Waals surface area contributed by atoms with Gasteiger partial charge in [-0.1, -0.05) is 23.8 Å². The van der Waals surface area contributed by atoms with Crippen LogP contribution in [0.1, 0.15) is 44.3 Å². The largest absolute Gasteiger partial charge is 0.356 e. The molecule has 2 N–H and O–H groups in total. The van der Waals surface area contributed by atoms with Crippen molar-refractivity contribution < 1.29 is 4.79 Å². The molecule has 1 amide bonds. The lowest BCUT2D eigenvalue weighted by Crippen LogP contribution is -2.25. The van der Waals surface area contributed by atoms with Crippen molar-refractivity contribution in [3.8, 4) is 0 Å². The molecule has 1 aliphatic carbocycles. The van der Waals surface area contributed by atoms with Crippen LogP contribution in [0.25, 0.3) is 11.0 Å². The van der Waals surface area contributed by atoms with E-state index in [1.165, 1.54) is 31.3 Å². The topological polar surface area (TPSA) is 57.8 Å². The van der Waals surface area contributed by atoms with Gasteiger partial charge in [0.2, 0.25) is 5.91 Å². The van der Waals surface area contributed by atoms with Crippen molar-refractivity contribution in [3.05, 3.63) is 41.7 Å². The number of carbonyl (C=O) groups excluding carboxylic acids is 1. The number of H-pyrrole nitrogens is 1. The second-order valence-corrected chi connectivity index (χ2v) is 5.91. The predicted molar refractivity (Wildman–Crippen MR) is 88.6 cm³/mol. The van der Waals surface area contributed by atoms with Crippen molar-refractivity contribution in [2.24, 2.45) is 0 Å². The Kier molecular flexibility index (Phi) is 4.88. The summed E-state index contributed by atoms with van der Waals surface area (Å²) in [5, 5.41) is 3.01. The lowest BCUT2D eigenvalue weighted by atomic mass is 9.97. The van der Waals surface area contributed by atoms with Crippen LogP contribution in [0.4, 0.5) is 0 Å². The predicted octanol–water partition coefficient (Wildman–Crippen LogP) is 3.50. The standard InChI is InChI=1S/C18H23N3O/c22-18(19-13-12-14-6-2-1-3-7-14)11-10-17-20-15-8-4-5-9-16(15)21-17/h4-6,8-9H,1-3,7,10-13H2,(H,19,22)(H,20,21). The number of carbonyl (C=O) groups is 1. The highest BCUT2D eigenvalue weighted by molar-refractivity contribution is 5.77. The molecule has 0 spiro atoms. The summed E-state index contributed by atoms with van der Waals surface area (Å²) in [7, 11) is 0. The number of aromatic nitrogens is 2. The number of nitrogens with one attached hydrogen (secondary N) is 2. The van der Waals surface area contributed by atoms with Gasteiger partial charge < -0.3 is 10.3 Å². The first-order valence-corrected chi connectivity index (χ1v) is 8.19. The average Bonchev–Trinajstić information content (AvgIpc) is 2.97. The maximum Gasteiger partial charge on any atom is 0.220 e. The van der Waals surface area contributed by atoms with Crippen molar-refractivity contribution in [2.45, 2.75) is 44.9 Å². The Morgan fingerprint density at radius 2 is 2.14 bits per heavy atom. The summed E-state index contributed by atoms with van der Waals surface area (Å²) in [4.78, 5) is 19.7. The molecule has 1 heterocycles. The number of aromatic amines is 1. The quantitative estimate of drug-likeness (QED) is 0.802. The maximum atomic E-state index is 11.9. The first-order valence-electron chi connectivity index (χ1n) is 8.19. The van der Waals surface area contributed by atoms with Gasteiger partial charge in [-0.2, -0.15) is 0 Å². The fourth-order valence-electron chi connectivity index (χ4n) is 2.94. The van der Waals surface area contributed by atoms with Crippen LogP contribution in [0.15, 0.2) is 35.9 Å². The highest BCUT2D eigenvalue weighted by Crippen LogP contribution is 2.19. The van der Waals surface area contributed by atoms with E-state index in [9.17, 15) is 4.79 Å². The number of rotatable bonds is 6. The first kappa shape index (κ1) is 14.8. The van der Waals surface area contributed by atoms with Crippen LogP contribution in [-0.2, 0) is 11.2 Å². The summed E-state index contributed by atoms with van der Waals surface area (Å²) in [6, 6.07) is 7.94. The van der Waals surface area contributed by atoms with Crippen LogP contribution >= 0.6 is 0 Å². The van der Waals surface area contributed by atoms with Crippen LogP contribution in [0.2, 0.25) is 0 Å². The fraction of sp³-hybridized carbons (Fsp3) is 0.444. The Morgan fingerprint density at radius 1 is 1.23 bits per heavy atom. The van der Waals surface area contributed by atoms with Gasteiger partial charge in [-0.05, 0) is 44.2 Å². The van der Waals surface area contributed by atoms with E-state index < -0.39 is 0 Å². The van der Waals surface area contributed by atoms with E-state index in [4.69, 9.17) is 0 Å². The van der Waals surface area contributed by atoms with E-state index in [1.54, 1.807) is 0 Å². The second-order valence-electron chi connectivity index (χ2n) is 5.91. The minimum atomic E-state index is 0.108. The second kappa shape index (κ2) is 7.25. The SMILES string of the molecule is O=C(CCc1nc2ccccc2[nH]1)NCCC1=CCCCC1. The Bertz CT molecular complexity index is 639. The van der Waals surface area contributed by atoms with Crippen molar-refractivity contribution in [2.75, 3.05) is 6.54 Å². The van der Waals surface area contributed by atoms with Gasteiger partial charge in [0, 0.05) is 19.4 Å². The number of allylic oxidation sites excluding steroid dienone is 1. The monoisotopic (exact) mass is 297 g/mol. The molecule has 0 unspecified atom stereocenters. The zero-order chi connectivity index (χ0) is 15.2. The molecule has 0 saturated heterocycles. The molecule has 2 aromatic rings. The molecule has 116 valence electrons. The fourth-order valence-corrected chi connectivity index (χ4v) is 2.94. The van der Waals surface area contributed by atoms with Gasteiger partial charge in [0.05, 0.1) is 11.0 Å². The molecule has 1 aromatic heterocycles. The van der Waals surface area contributed by atoms with Crippen LogP contribution in [-0.4, -0.2) is 22.4 Å². The van der Waals surface area contributed by atoms with E-state index >= 15 is 0 Å². The summed E-state index contributed by atoms with van der Waals surface area (Å²) in [6.07, 6.45) is 9.49. The van der Waals surface area contributed by atoms with Gasteiger partial charge in [-0.3, -0.25) is 4.79 Å². The number of hydrogen-bond donors (Lipinski definition) is 2. The maximum absolute atomic E-state index is 11.9. The molecule has 0 radical (unpaired) electrons. The number of nitrogens with zero attached hydrogens (tertiary/aromatic N) is 1. The van der Waals surface area contributed by atoms with Crippen molar-refractivity contribution in [1.82, 2.24) is 15.3 Å². The number of aryl methyl sites for hydroxylation is 1. The number of para-hydroxylation sites is 2. The van der Waals surface area contributed by atoms with Gasteiger partial charge in [-0.15, -0.1) is 0 Å². The summed E-state index contributed by atoms with van der Waals surface area (Å²) in [5.41, 5.74) is 3.49. The van der Waals surface area contributed by atoms with E-state index in [1.807, 2.05) is 24.3 Å². The van der Waals surface area contributed by atoms with Crippen LogP contribution in [0.3, 0.4) is 0 Å². The molecule has 0 saturated carbocycles. The normalized spacial score (nSPS) is 14.8. The van der Waals surface area contributed by atoms with Gasteiger partial charge in [-0.25, -0.2) is 4.98 Å². The number of hydrogen-bond acceptors (Lipinski definition) is 2. The third kappa shape index (κ3) is 3.97. The third-order valence-electron chi connectivity index (χ3n) is 4.18. The number of amides is 1. The van der Waals surface area contributed by atoms with Crippen molar-refractivity contribution >= 4 is 16.9 Å². The molecule has 0 aliphatic heterocycles. The molecule has 0 fully saturated rings. The summed E-state index contributed by atoms with van der Waals surface area (Å²) < 4.78 is 0. The van der Waals surface area contributed by atoms with Gasteiger partial charge in [0.1, 0.15) is 5.82 Å². The average molecular weight is 297 g/mol. The van der Waals surface area contributed by atoms with Crippen molar-refractivity contribution in [3.63, 3.8) is 0 Å². The lowest BCUT2D eigenvalue weighted by molar-refractivity contribution is -0.121. The molecule has 1 aromatic carbocycles. The van der Waals surface area contributed by atoms with Gasteiger partial charge >= 0.3 is 0 Å². The van der Waals surface area contributed by atoms with E-state index in [-0.39, 0.29) is 5.91 Å². The van der Waals surface area contributed by atoms with Crippen LogP contribution < -0.4 is 5.32 Å². The summed E-state index contributed by atoms with van der Waals surface area (Å²) in [6.45, 7) is 0.755. The highest BCUT2D eigenvalue weighted by Gasteiger charge is 2.07. The Labute approximate surface area is 131 Å². The molecular formula is C18H23N3O. The molecular weight excluding hydrogens is 274 g/mol. The Hall–Kier alpha value is -2.10. The van der Waals surface area contributed by atoms with E-state index in [0.29, 0.717) is 12.8 Å². The minimum absolute atomic E-state index is 0.108. The molecule has 3 rings (SSSR count). The van der Waals surface area contributed by atoms with Crippen molar-refractivity contribution in [1.29, 1.82) is 0 Å². The molecule has 1 aliphatic rings. The third-order valence-corrected chi connectivity index (χ3v) is 4.18. The Balaban J connectivity index is 1.41. The molecule has 4 heteroatoms. The molecule has 0 atom stereocenters. The number of fused-ring (bicyclic) bond motifs is 1. The molecule has 22 heavy (non-hydrogen) atoms. The highest BCUT2D eigenvalue weighted by atomic mass is 16.1. The first-order chi connectivity index (χ1) is 10.8. The lowest BCUT2D eigenvalue weighted by Gasteiger charge is -2.12.